The largest absolute Gasteiger partial charge is 0.481 e. The summed E-state index contributed by atoms with van der Waals surface area (Å²) in [6, 6.07) is 22.6. The van der Waals surface area contributed by atoms with Gasteiger partial charge in [-0.15, -0.1) is 0 Å². The van der Waals surface area contributed by atoms with E-state index in [4.69, 9.17) is 16.3 Å². The van der Waals surface area contributed by atoms with E-state index in [0.717, 1.165) is 22.3 Å². The second-order valence-corrected chi connectivity index (χ2v) is 9.43. The molecule has 4 aromatic rings. The van der Waals surface area contributed by atoms with Crippen LogP contribution in [0.15, 0.2) is 85.3 Å². The van der Waals surface area contributed by atoms with Crippen molar-refractivity contribution in [2.75, 3.05) is 5.32 Å². The number of carboxylic acid groups (broad SMARTS) is 1. The molecule has 1 amide bonds. The molecule has 0 saturated heterocycles. The summed E-state index contributed by atoms with van der Waals surface area (Å²) in [6.45, 7) is 1.75. The van der Waals surface area contributed by atoms with Crippen LogP contribution in [-0.4, -0.2) is 27.1 Å². The summed E-state index contributed by atoms with van der Waals surface area (Å²) in [5.74, 6) is -0.437. The summed E-state index contributed by atoms with van der Waals surface area (Å²) in [7, 11) is 0. The van der Waals surface area contributed by atoms with Gasteiger partial charge in [0.15, 0.2) is 0 Å². The Bertz CT molecular complexity index is 1450. The first-order chi connectivity index (χ1) is 17.9. The van der Waals surface area contributed by atoms with Crippen molar-refractivity contribution in [2.45, 2.75) is 31.3 Å². The van der Waals surface area contributed by atoms with Crippen molar-refractivity contribution in [3.63, 3.8) is 0 Å². The monoisotopic (exact) mass is 513 g/mol. The van der Waals surface area contributed by atoms with E-state index in [0.29, 0.717) is 34.8 Å². The highest BCUT2D eigenvalue weighted by Crippen LogP contribution is 2.48. The average Bonchev–Trinajstić information content (AvgIpc) is 3.72. The molecule has 1 saturated carbocycles. The molecular formula is C29H24ClN3O4. The standard InChI is InChI=1S/C29H24ClN3O4/c1-18(23-4-2-3-5-25(23)30)37-28(36)33-26-24(16-31-17-32-26)21-8-6-19(7-9-21)20-10-12-22(13-11-20)29(14-15-29)27(34)35/h2-13,16-18H,14-15H2,1H3,(H,34,35)(H,31,32,33,36). The Morgan fingerprint density at radius 1 is 0.973 bits per heavy atom. The number of ether oxygens (including phenoxy) is 1. The van der Waals surface area contributed by atoms with Gasteiger partial charge in [0, 0.05) is 22.3 Å². The number of halogens is 1. The molecule has 1 unspecified atom stereocenters. The van der Waals surface area contributed by atoms with Crippen molar-refractivity contribution in [1.82, 2.24) is 9.97 Å². The number of rotatable bonds is 7. The predicted octanol–water partition coefficient (Wildman–Crippen LogP) is 6.89. The smallest absolute Gasteiger partial charge is 0.413 e. The van der Waals surface area contributed by atoms with Crippen molar-refractivity contribution in [3.05, 3.63) is 101 Å². The molecule has 5 rings (SSSR count). The zero-order valence-corrected chi connectivity index (χ0v) is 20.8. The zero-order valence-electron chi connectivity index (χ0n) is 20.0. The molecule has 37 heavy (non-hydrogen) atoms. The molecule has 0 bridgehead atoms. The number of aromatic nitrogens is 2. The molecule has 3 aromatic carbocycles. The van der Waals surface area contributed by atoms with Gasteiger partial charge in [-0.3, -0.25) is 10.1 Å². The molecule has 1 aliphatic carbocycles. The van der Waals surface area contributed by atoms with Gasteiger partial charge in [-0.2, -0.15) is 0 Å². The number of carbonyl (C=O) groups is 2. The van der Waals surface area contributed by atoms with Gasteiger partial charge in [-0.05, 0) is 48.1 Å². The van der Waals surface area contributed by atoms with Gasteiger partial charge < -0.3 is 9.84 Å². The van der Waals surface area contributed by atoms with Gasteiger partial charge in [-0.25, -0.2) is 14.8 Å². The van der Waals surface area contributed by atoms with Crippen molar-refractivity contribution >= 4 is 29.5 Å². The van der Waals surface area contributed by atoms with Gasteiger partial charge in [0.2, 0.25) is 0 Å². The highest BCUT2D eigenvalue weighted by molar-refractivity contribution is 6.31. The summed E-state index contributed by atoms with van der Waals surface area (Å²) < 4.78 is 5.51. The summed E-state index contributed by atoms with van der Waals surface area (Å²) >= 11 is 6.21. The number of amides is 1. The van der Waals surface area contributed by atoms with Crippen LogP contribution in [0.25, 0.3) is 22.3 Å². The quantitative estimate of drug-likeness (QED) is 0.279. The zero-order chi connectivity index (χ0) is 26.0. The van der Waals surface area contributed by atoms with Crippen LogP contribution in [0.5, 0.6) is 0 Å². The van der Waals surface area contributed by atoms with Crippen LogP contribution in [0.1, 0.15) is 37.0 Å². The van der Waals surface area contributed by atoms with Crippen LogP contribution < -0.4 is 5.32 Å². The van der Waals surface area contributed by atoms with Gasteiger partial charge in [0.1, 0.15) is 18.2 Å². The first kappa shape index (κ1) is 24.5. The molecule has 1 fully saturated rings. The number of aliphatic carboxylic acids is 1. The molecule has 1 aromatic heterocycles. The summed E-state index contributed by atoms with van der Waals surface area (Å²) in [6.07, 6.45) is 3.14. The summed E-state index contributed by atoms with van der Waals surface area (Å²) in [5, 5.41) is 12.7. The number of benzene rings is 3. The summed E-state index contributed by atoms with van der Waals surface area (Å²) in [4.78, 5) is 32.5. The second kappa shape index (κ2) is 10.0. The molecule has 0 aliphatic heterocycles. The fourth-order valence-corrected chi connectivity index (χ4v) is 4.66. The van der Waals surface area contributed by atoms with E-state index in [2.05, 4.69) is 15.3 Å². The normalized spacial score (nSPS) is 14.4. The topological polar surface area (TPSA) is 101 Å². The Morgan fingerprint density at radius 2 is 1.59 bits per heavy atom. The van der Waals surface area contributed by atoms with Gasteiger partial charge in [0.25, 0.3) is 0 Å². The third kappa shape index (κ3) is 5.04. The predicted molar refractivity (Wildman–Crippen MR) is 141 cm³/mol. The number of nitrogens with zero attached hydrogens (tertiary/aromatic N) is 2. The van der Waals surface area contributed by atoms with E-state index in [-0.39, 0.29) is 0 Å². The van der Waals surface area contributed by atoms with Crippen LogP contribution in [-0.2, 0) is 14.9 Å². The Labute approximate surface area is 219 Å². The molecule has 1 atom stereocenters. The van der Waals surface area contributed by atoms with E-state index in [9.17, 15) is 14.7 Å². The Hall–Kier alpha value is -4.23. The van der Waals surface area contributed by atoms with E-state index in [1.54, 1.807) is 19.2 Å². The van der Waals surface area contributed by atoms with Gasteiger partial charge >= 0.3 is 12.1 Å². The molecule has 2 N–H and O–H groups in total. The first-order valence-electron chi connectivity index (χ1n) is 11.8. The average molecular weight is 514 g/mol. The number of carbonyl (C=O) groups excluding carboxylic acids is 1. The fraction of sp³-hybridized carbons (Fsp3) is 0.172. The number of hydrogen-bond donors (Lipinski definition) is 2. The lowest BCUT2D eigenvalue weighted by Crippen LogP contribution is -2.19. The maximum absolute atomic E-state index is 12.6. The minimum Gasteiger partial charge on any atom is -0.481 e. The van der Waals surface area contributed by atoms with Crippen LogP contribution in [0.2, 0.25) is 5.02 Å². The number of hydrogen-bond acceptors (Lipinski definition) is 5. The van der Waals surface area contributed by atoms with Gasteiger partial charge in [0.05, 0.1) is 5.41 Å². The van der Waals surface area contributed by atoms with Crippen molar-refractivity contribution in [3.8, 4) is 22.3 Å². The fourth-order valence-electron chi connectivity index (χ4n) is 4.37. The van der Waals surface area contributed by atoms with Crippen LogP contribution in [0, 0.1) is 0 Å². The number of anilines is 1. The third-order valence-electron chi connectivity index (χ3n) is 6.69. The molecule has 0 radical (unpaired) electrons. The highest BCUT2D eigenvalue weighted by Gasteiger charge is 2.51. The van der Waals surface area contributed by atoms with Crippen molar-refractivity contribution in [2.24, 2.45) is 0 Å². The van der Waals surface area contributed by atoms with Crippen molar-refractivity contribution < 1.29 is 19.4 Å². The van der Waals surface area contributed by atoms with E-state index in [1.807, 2.05) is 66.7 Å². The molecular weight excluding hydrogens is 490 g/mol. The lowest BCUT2D eigenvalue weighted by atomic mass is 9.93. The molecule has 1 aliphatic rings. The number of carboxylic acids is 1. The SMILES string of the molecule is CC(OC(=O)Nc1ncncc1-c1ccc(-c2ccc(C3(C(=O)O)CC3)cc2)cc1)c1ccccc1Cl. The van der Waals surface area contributed by atoms with Crippen LogP contribution >= 0.6 is 11.6 Å². The van der Waals surface area contributed by atoms with Crippen LogP contribution in [0.3, 0.4) is 0 Å². The first-order valence-corrected chi connectivity index (χ1v) is 12.2. The maximum Gasteiger partial charge on any atom is 0.413 e. The Kier molecular flexibility index (Phi) is 6.63. The molecule has 1 heterocycles. The van der Waals surface area contributed by atoms with Crippen LogP contribution in [0.4, 0.5) is 10.6 Å². The second-order valence-electron chi connectivity index (χ2n) is 9.02. The lowest BCUT2D eigenvalue weighted by molar-refractivity contribution is -0.140. The van der Waals surface area contributed by atoms with Gasteiger partial charge in [-0.1, -0.05) is 78.3 Å². The minimum atomic E-state index is -0.763. The third-order valence-corrected chi connectivity index (χ3v) is 7.03. The lowest BCUT2D eigenvalue weighted by Gasteiger charge is -2.16. The van der Waals surface area contributed by atoms with Crippen molar-refractivity contribution in [1.29, 1.82) is 0 Å². The Balaban J connectivity index is 1.30. The molecule has 7 nitrogen and oxygen atoms in total. The number of nitrogens with one attached hydrogen (secondary N) is 1. The van der Waals surface area contributed by atoms with E-state index in [1.165, 1.54) is 6.33 Å². The Morgan fingerprint density at radius 3 is 2.22 bits per heavy atom. The molecule has 186 valence electrons. The molecule has 0 spiro atoms. The van der Waals surface area contributed by atoms with E-state index < -0.39 is 23.6 Å². The van der Waals surface area contributed by atoms with E-state index >= 15 is 0 Å². The molecule has 8 heteroatoms. The maximum atomic E-state index is 12.6. The summed E-state index contributed by atoms with van der Waals surface area (Å²) in [5.41, 5.74) is 4.26. The highest BCUT2D eigenvalue weighted by atomic mass is 35.5. The minimum absolute atomic E-state index is 0.326.